The number of nitrogens with zero attached hydrogens (tertiary/aromatic N) is 6. The van der Waals surface area contributed by atoms with Crippen LogP contribution >= 0.6 is 11.6 Å². The van der Waals surface area contributed by atoms with E-state index < -0.39 is 12.0 Å². The number of nitrogens with two attached hydrogens (primary N) is 1. The van der Waals surface area contributed by atoms with Gasteiger partial charge in [-0.3, -0.25) is 10.4 Å². The Morgan fingerprint density at radius 3 is 2.56 bits per heavy atom. The molecular weight excluding hydrogens is 480 g/mol. The Kier molecular flexibility index (Phi) is 6.79. The van der Waals surface area contributed by atoms with E-state index in [2.05, 4.69) is 38.3 Å². The third kappa shape index (κ3) is 4.74. The van der Waals surface area contributed by atoms with E-state index in [0.717, 1.165) is 56.2 Å². The average molecular weight is 511 g/mol. The van der Waals surface area contributed by atoms with Crippen LogP contribution in [0.25, 0.3) is 22.4 Å². The second kappa shape index (κ2) is 10.0. The van der Waals surface area contributed by atoms with E-state index >= 15 is 0 Å². The summed E-state index contributed by atoms with van der Waals surface area (Å²) in [5.74, 6) is 1.50. The molecule has 11 heteroatoms. The fourth-order valence-corrected chi connectivity index (χ4v) is 5.66. The lowest BCUT2D eigenvalue weighted by Crippen LogP contribution is -2.27. The molecule has 0 spiro atoms. The van der Waals surface area contributed by atoms with Crippen LogP contribution < -0.4 is 10.6 Å². The summed E-state index contributed by atoms with van der Waals surface area (Å²) in [5, 5.41) is 8.66. The topological polar surface area (TPSA) is 136 Å². The van der Waals surface area contributed by atoms with Crippen LogP contribution in [0.5, 0.6) is 0 Å². The van der Waals surface area contributed by atoms with Gasteiger partial charge in [0.15, 0.2) is 5.65 Å². The number of aromatic nitrogens is 5. The van der Waals surface area contributed by atoms with Gasteiger partial charge in [-0.2, -0.15) is 4.98 Å². The molecule has 1 aliphatic carbocycles. The highest BCUT2D eigenvalue weighted by atomic mass is 35.5. The summed E-state index contributed by atoms with van der Waals surface area (Å²) in [7, 11) is 0. The molecule has 1 saturated carbocycles. The first-order chi connectivity index (χ1) is 17.3. The van der Waals surface area contributed by atoms with Crippen molar-refractivity contribution in [3.63, 3.8) is 0 Å². The molecular formula is C25H31ClN8O2. The van der Waals surface area contributed by atoms with Gasteiger partial charge in [-0.1, -0.05) is 31.4 Å². The molecule has 0 aromatic carbocycles. The minimum Gasteiger partial charge on any atom is -0.388 e. The van der Waals surface area contributed by atoms with Gasteiger partial charge in [0.25, 0.3) is 5.90 Å². The van der Waals surface area contributed by atoms with Crippen LogP contribution in [0.4, 0.5) is 10.7 Å². The van der Waals surface area contributed by atoms with Gasteiger partial charge in [-0.05, 0) is 50.5 Å². The monoisotopic (exact) mass is 510 g/mol. The van der Waals surface area contributed by atoms with E-state index in [1.54, 1.807) is 18.5 Å². The fraction of sp³-hybridized carbons (Fsp3) is 0.520. The van der Waals surface area contributed by atoms with Gasteiger partial charge in [0.2, 0.25) is 11.8 Å². The summed E-state index contributed by atoms with van der Waals surface area (Å²) < 4.78 is 7.08. The number of hydrogen-bond acceptors (Lipinski definition) is 8. The van der Waals surface area contributed by atoms with Crippen LogP contribution in [0, 0.1) is 17.2 Å². The van der Waals surface area contributed by atoms with Crippen LogP contribution in [0.1, 0.15) is 64.2 Å². The molecule has 3 aromatic heterocycles. The number of pyridine rings is 1. The molecule has 5 rings (SSSR count). The summed E-state index contributed by atoms with van der Waals surface area (Å²) >= 11 is 6.30. The highest BCUT2D eigenvalue weighted by Crippen LogP contribution is 2.41. The van der Waals surface area contributed by atoms with Crippen molar-refractivity contribution in [3.8, 4) is 11.3 Å². The Bertz CT molecular complexity index is 1290. The van der Waals surface area contributed by atoms with Gasteiger partial charge in [-0.25, -0.2) is 14.8 Å². The predicted octanol–water partition coefficient (Wildman–Crippen LogP) is 4.95. The van der Waals surface area contributed by atoms with Crippen molar-refractivity contribution in [2.45, 2.75) is 58.4 Å². The molecule has 3 N–H and O–H groups in total. The molecule has 0 radical (unpaired) electrons. The standard InChI is InChI=1S/C25H31ClN8O2/c1-14-5-7-16(8-6-14)15(2)34-20-19(17-11-18(26)13-29-12-17)30-23(21(27)36-24(28)35)31-22(20)32-25(34)33-9-3-4-10-33/h11-16,27H,3-10H2,1-2H3,(H2,28,35). The summed E-state index contributed by atoms with van der Waals surface area (Å²) in [6.45, 7) is 6.43. The molecule has 1 atom stereocenters. The molecule has 1 unspecified atom stereocenters. The van der Waals surface area contributed by atoms with Crippen molar-refractivity contribution in [3.05, 3.63) is 29.3 Å². The van der Waals surface area contributed by atoms with Crippen molar-refractivity contribution < 1.29 is 9.53 Å². The van der Waals surface area contributed by atoms with Gasteiger partial charge in [0.05, 0.1) is 5.02 Å². The zero-order valence-electron chi connectivity index (χ0n) is 20.6. The number of imidazole rings is 1. The first-order valence-corrected chi connectivity index (χ1v) is 12.9. The van der Waals surface area contributed by atoms with E-state index in [9.17, 15) is 4.79 Å². The Morgan fingerprint density at radius 2 is 1.89 bits per heavy atom. The first kappa shape index (κ1) is 24.4. The maximum absolute atomic E-state index is 11.3. The second-order valence-corrected chi connectivity index (χ2v) is 10.4. The Labute approximate surface area is 214 Å². The molecule has 1 saturated heterocycles. The minimum absolute atomic E-state index is 0.0759. The summed E-state index contributed by atoms with van der Waals surface area (Å²) in [6.07, 6.45) is 9.10. The number of rotatable bonds is 5. The van der Waals surface area contributed by atoms with Gasteiger partial charge in [-0.15, -0.1) is 0 Å². The van der Waals surface area contributed by atoms with Crippen LogP contribution in [0.2, 0.25) is 5.02 Å². The molecule has 1 aliphatic heterocycles. The normalized spacial score (nSPS) is 21.0. The number of primary amides is 1. The molecule has 0 bridgehead atoms. The molecule has 2 fully saturated rings. The summed E-state index contributed by atoms with van der Waals surface area (Å²) in [4.78, 5) is 32.1. The molecule has 36 heavy (non-hydrogen) atoms. The zero-order chi connectivity index (χ0) is 25.4. The number of carbonyl (C=O) groups excluding carboxylic acids is 1. The van der Waals surface area contributed by atoms with Crippen LogP contribution in [-0.4, -0.2) is 49.6 Å². The van der Waals surface area contributed by atoms with Crippen molar-refractivity contribution in [1.29, 1.82) is 5.41 Å². The molecule has 10 nitrogen and oxygen atoms in total. The lowest BCUT2D eigenvalue weighted by atomic mass is 9.79. The molecule has 3 aromatic rings. The predicted molar refractivity (Wildman–Crippen MR) is 138 cm³/mol. The van der Waals surface area contributed by atoms with E-state index in [1.807, 2.05) is 0 Å². The third-order valence-electron chi connectivity index (χ3n) is 7.45. The zero-order valence-corrected chi connectivity index (χ0v) is 21.3. The number of halogens is 1. The maximum Gasteiger partial charge on any atom is 0.411 e. The van der Waals surface area contributed by atoms with Gasteiger partial charge < -0.3 is 19.9 Å². The Balaban J connectivity index is 1.74. The van der Waals surface area contributed by atoms with Gasteiger partial charge >= 0.3 is 6.09 Å². The van der Waals surface area contributed by atoms with E-state index in [0.29, 0.717) is 27.8 Å². The third-order valence-corrected chi connectivity index (χ3v) is 7.66. The highest BCUT2D eigenvalue weighted by molar-refractivity contribution is 6.30. The number of nitrogens with one attached hydrogen (secondary N) is 1. The van der Waals surface area contributed by atoms with Crippen molar-refractivity contribution >= 4 is 40.7 Å². The highest BCUT2D eigenvalue weighted by Gasteiger charge is 2.32. The van der Waals surface area contributed by atoms with Crippen LogP contribution in [-0.2, 0) is 4.74 Å². The van der Waals surface area contributed by atoms with Crippen molar-refractivity contribution in [2.24, 2.45) is 17.6 Å². The average Bonchev–Trinajstić information content (AvgIpc) is 3.51. The number of amides is 1. The van der Waals surface area contributed by atoms with Crippen LogP contribution in [0.15, 0.2) is 18.5 Å². The summed E-state index contributed by atoms with van der Waals surface area (Å²) in [5.41, 5.74) is 7.55. The largest absolute Gasteiger partial charge is 0.411 e. The van der Waals surface area contributed by atoms with Crippen LogP contribution in [0.3, 0.4) is 0 Å². The summed E-state index contributed by atoms with van der Waals surface area (Å²) in [6, 6.07) is 1.94. The second-order valence-electron chi connectivity index (χ2n) is 9.95. The van der Waals surface area contributed by atoms with Crippen molar-refractivity contribution in [2.75, 3.05) is 18.0 Å². The Hall–Kier alpha value is -3.27. The van der Waals surface area contributed by atoms with E-state index in [-0.39, 0.29) is 11.9 Å². The first-order valence-electron chi connectivity index (χ1n) is 12.5. The lowest BCUT2D eigenvalue weighted by molar-refractivity contribution is 0.207. The van der Waals surface area contributed by atoms with Crippen molar-refractivity contribution in [1.82, 2.24) is 24.5 Å². The van der Waals surface area contributed by atoms with Gasteiger partial charge in [0.1, 0.15) is 11.2 Å². The maximum atomic E-state index is 11.3. The smallest absolute Gasteiger partial charge is 0.388 e. The molecule has 2 aliphatic rings. The van der Waals surface area contributed by atoms with E-state index in [1.165, 1.54) is 12.8 Å². The minimum atomic E-state index is -1.10. The molecule has 190 valence electrons. The molecule has 1 amide bonds. The Morgan fingerprint density at radius 1 is 1.17 bits per heavy atom. The quantitative estimate of drug-likeness (QED) is 0.366. The fourth-order valence-electron chi connectivity index (χ4n) is 5.49. The lowest BCUT2D eigenvalue weighted by Gasteiger charge is -2.33. The molecule has 4 heterocycles. The number of carbonyl (C=O) groups is 1. The number of anilines is 1. The number of ether oxygens (including phenoxy) is 1. The van der Waals surface area contributed by atoms with Gasteiger partial charge in [0, 0.05) is 37.1 Å². The SMILES string of the molecule is CC1CCC(C(C)n2c(N3CCCC3)nc3nc(C(=N)OC(N)=O)nc(-c4cncc(Cl)c4)c32)CC1. The number of fused-ring (bicyclic) bond motifs is 1. The van der Waals surface area contributed by atoms with E-state index in [4.69, 9.17) is 32.5 Å². The number of hydrogen-bond donors (Lipinski definition) is 2.